The van der Waals surface area contributed by atoms with Crippen molar-refractivity contribution in [2.24, 2.45) is 0 Å². The summed E-state index contributed by atoms with van der Waals surface area (Å²) in [6, 6.07) is 14.8. The molecule has 1 N–H and O–H groups in total. The zero-order valence-electron chi connectivity index (χ0n) is 16.3. The maximum Gasteiger partial charge on any atom is 0.286 e. The normalized spacial score (nSPS) is 10.6. The maximum atomic E-state index is 12.6. The fourth-order valence-electron chi connectivity index (χ4n) is 2.37. The highest BCUT2D eigenvalue weighted by Gasteiger charge is 2.13. The number of carbonyl (C=O) groups excluding carboxylic acids is 2. The van der Waals surface area contributed by atoms with E-state index in [2.05, 4.69) is 15.7 Å². The standard InChI is InChI=1S/C21H21N3O2S3/c1-14-22-16(12-27-14)13-28-17-10-8-15(9-11-17)20(25)23-18-6-4-5-7-19(18)29-21(26)24(2)3/h4-12H,13H2,1-3H3,(H,23,25). The zero-order chi connectivity index (χ0) is 20.8. The van der Waals surface area contributed by atoms with Gasteiger partial charge in [0.15, 0.2) is 0 Å². The average molecular weight is 444 g/mol. The van der Waals surface area contributed by atoms with E-state index in [4.69, 9.17) is 0 Å². The van der Waals surface area contributed by atoms with Crippen molar-refractivity contribution in [1.82, 2.24) is 9.88 Å². The first-order valence-corrected chi connectivity index (χ1v) is 11.5. The molecule has 0 spiro atoms. The topological polar surface area (TPSA) is 62.3 Å². The Morgan fingerprint density at radius 1 is 1.10 bits per heavy atom. The van der Waals surface area contributed by atoms with Crippen molar-refractivity contribution < 1.29 is 9.59 Å². The van der Waals surface area contributed by atoms with Crippen LogP contribution in [-0.2, 0) is 5.75 Å². The number of amides is 2. The van der Waals surface area contributed by atoms with Gasteiger partial charge in [-0.05, 0) is 55.1 Å². The van der Waals surface area contributed by atoms with Gasteiger partial charge in [-0.25, -0.2) is 4.98 Å². The number of thioether (sulfide) groups is 2. The van der Waals surface area contributed by atoms with Crippen LogP contribution in [0.3, 0.4) is 0 Å². The summed E-state index contributed by atoms with van der Waals surface area (Å²) in [5.74, 6) is 0.599. The van der Waals surface area contributed by atoms with Crippen molar-refractivity contribution >= 4 is 51.7 Å². The van der Waals surface area contributed by atoms with Gasteiger partial charge < -0.3 is 10.2 Å². The van der Waals surface area contributed by atoms with Crippen molar-refractivity contribution in [3.05, 3.63) is 70.2 Å². The average Bonchev–Trinajstić information content (AvgIpc) is 3.13. The van der Waals surface area contributed by atoms with Gasteiger partial charge >= 0.3 is 0 Å². The van der Waals surface area contributed by atoms with E-state index in [1.54, 1.807) is 43.3 Å². The highest BCUT2D eigenvalue weighted by Crippen LogP contribution is 2.29. The molecule has 29 heavy (non-hydrogen) atoms. The molecule has 3 aromatic rings. The molecule has 0 aliphatic carbocycles. The number of aromatic nitrogens is 1. The first kappa shape index (κ1) is 21.4. The number of nitrogens with zero attached hydrogens (tertiary/aromatic N) is 2. The molecule has 3 rings (SSSR count). The Balaban J connectivity index is 1.63. The number of hydrogen-bond acceptors (Lipinski definition) is 6. The van der Waals surface area contributed by atoms with E-state index in [0.29, 0.717) is 16.1 Å². The first-order valence-electron chi connectivity index (χ1n) is 8.86. The highest BCUT2D eigenvalue weighted by atomic mass is 32.2. The molecule has 0 unspecified atom stereocenters. The van der Waals surface area contributed by atoms with Crippen molar-refractivity contribution in [3.8, 4) is 0 Å². The lowest BCUT2D eigenvalue weighted by molar-refractivity contribution is 0.102. The van der Waals surface area contributed by atoms with Gasteiger partial charge in [0, 0.05) is 40.6 Å². The van der Waals surface area contributed by atoms with Gasteiger partial charge in [0.25, 0.3) is 11.1 Å². The Hall–Kier alpha value is -2.29. The largest absolute Gasteiger partial charge is 0.339 e. The van der Waals surface area contributed by atoms with Gasteiger partial charge in [0.05, 0.1) is 16.4 Å². The molecule has 1 heterocycles. The summed E-state index contributed by atoms with van der Waals surface area (Å²) in [5, 5.41) is 5.95. The minimum atomic E-state index is -0.206. The lowest BCUT2D eigenvalue weighted by Crippen LogP contribution is -2.17. The Morgan fingerprint density at radius 3 is 2.48 bits per heavy atom. The molecule has 0 saturated heterocycles. The molecule has 0 radical (unpaired) electrons. The predicted molar refractivity (Wildman–Crippen MR) is 122 cm³/mol. The number of anilines is 1. The second-order valence-electron chi connectivity index (χ2n) is 6.38. The molecule has 0 aliphatic heterocycles. The van der Waals surface area contributed by atoms with Gasteiger partial charge in [0.2, 0.25) is 0 Å². The minimum Gasteiger partial charge on any atom is -0.339 e. The minimum absolute atomic E-state index is 0.0941. The first-order chi connectivity index (χ1) is 13.9. The second-order valence-corrected chi connectivity index (χ2v) is 9.49. The fourth-order valence-corrected chi connectivity index (χ4v) is 4.63. The van der Waals surface area contributed by atoms with Gasteiger partial charge in [-0.1, -0.05) is 12.1 Å². The summed E-state index contributed by atoms with van der Waals surface area (Å²) in [6.45, 7) is 2.00. The molecule has 2 amide bonds. The monoisotopic (exact) mass is 443 g/mol. The Morgan fingerprint density at radius 2 is 1.83 bits per heavy atom. The predicted octanol–water partition coefficient (Wildman–Crippen LogP) is 5.77. The number of para-hydroxylation sites is 1. The van der Waals surface area contributed by atoms with Crippen LogP contribution in [0.25, 0.3) is 0 Å². The highest BCUT2D eigenvalue weighted by molar-refractivity contribution is 8.13. The summed E-state index contributed by atoms with van der Waals surface area (Å²) in [4.78, 5) is 32.4. The summed E-state index contributed by atoms with van der Waals surface area (Å²) >= 11 is 4.43. The van der Waals surface area contributed by atoms with Gasteiger partial charge in [-0.3, -0.25) is 9.59 Å². The molecule has 150 valence electrons. The number of nitrogens with one attached hydrogen (secondary N) is 1. The van der Waals surface area contributed by atoms with E-state index in [-0.39, 0.29) is 11.1 Å². The number of rotatable bonds is 6. The van der Waals surface area contributed by atoms with E-state index in [1.807, 2.05) is 49.4 Å². The van der Waals surface area contributed by atoms with E-state index in [0.717, 1.165) is 33.1 Å². The molecule has 0 aliphatic rings. The third-order valence-corrected chi connectivity index (χ3v) is 6.85. The van der Waals surface area contributed by atoms with Crippen molar-refractivity contribution in [2.75, 3.05) is 19.4 Å². The van der Waals surface area contributed by atoms with Crippen LogP contribution < -0.4 is 5.32 Å². The van der Waals surface area contributed by atoms with Crippen molar-refractivity contribution in [2.45, 2.75) is 22.5 Å². The lowest BCUT2D eigenvalue weighted by Gasteiger charge is -2.13. The molecular weight excluding hydrogens is 422 g/mol. The van der Waals surface area contributed by atoms with Crippen molar-refractivity contribution in [3.63, 3.8) is 0 Å². The Kier molecular flexibility index (Phi) is 7.35. The van der Waals surface area contributed by atoms with Crippen LogP contribution in [-0.4, -0.2) is 35.1 Å². The van der Waals surface area contributed by atoms with Gasteiger partial charge in [-0.2, -0.15) is 0 Å². The molecule has 0 atom stereocenters. The molecule has 0 fully saturated rings. The van der Waals surface area contributed by atoms with E-state index in [9.17, 15) is 9.59 Å². The summed E-state index contributed by atoms with van der Waals surface area (Å²) in [6.07, 6.45) is 0. The quantitative estimate of drug-likeness (QED) is 0.490. The van der Waals surface area contributed by atoms with Crippen molar-refractivity contribution in [1.29, 1.82) is 0 Å². The van der Waals surface area contributed by atoms with E-state index in [1.165, 1.54) is 4.90 Å². The molecular formula is C21H21N3O2S3. The fraction of sp³-hybridized carbons (Fsp3) is 0.190. The SMILES string of the molecule is Cc1nc(CSc2ccc(C(=O)Nc3ccccc3SC(=O)N(C)C)cc2)cs1. The maximum absolute atomic E-state index is 12.6. The summed E-state index contributed by atoms with van der Waals surface area (Å²) in [5.41, 5.74) is 2.26. The third-order valence-electron chi connectivity index (χ3n) is 3.87. The Bertz CT molecular complexity index is 1000. The van der Waals surface area contributed by atoms with Crippen LogP contribution in [0.15, 0.2) is 63.7 Å². The number of benzene rings is 2. The van der Waals surface area contributed by atoms with Crippen LogP contribution >= 0.6 is 34.9 Å². The van der Waals surface area contributed by atoms with Gasteiger partial charge in [-0.15, -0.1) is 23.1 Å². The van der Waals surface area contributed by atoms with Crippen LogP contribution in [0.4, 0.5) is 10.5 Å². The van der Waals surface area contributed by atoms with Crippen LogP contribution in [0.1, 0.15) is 21.1 Å². The lowest BCUT2D eigenvalue weighted by atomic mass is 10.2. The van der Waals surface area contributed by atoms with E-state index >= 15 is 0 Å². The number of carbonyl (C=O) groups is 2. The zero-order valence-corrected chi connectivity index (χ0v) is 18.8. The molecule has 0 bridgehead atoms. The van der Waals surface area contributed by atoms with E-state index < -0.39 is 0 Å². The third kappa shape index (κ3) is 6.09. The summed E-state index contributed by atoms with van der Waals surface area (Å²) < 4.78 is 0. The number of aryl methyl sites for hydroxylation is 1. The molecule has 8 heteroatoms. The Labute approximate surface area is 182 Å². The number of hydrogen-bond donors (Lipinski definition) is 1. The molecule has 5 nitrogen and oxygen atoms in total. The second kappa shape index (κ2) is 9.96. The van der Waals surface area contributed by atoms with Crippen LogP contribution in [0, 0.1) is 6.92 Å². The molecule has 0 saturated carbocycles. The van der Waals surface area contributed by atoms with Crippen LogP contribution in [0.5, 0.6) is 0 Å². The molecule has 1 aromatic heterocycles. The van der Waals surface area contributed by atoms with Crippen LogP contribution in [0.2, 0.25) is 0 Å². The molecule has 2 aromatic carbocycles. The number of thiazole rings is 1. The summed E-state index contributed by atoms with van der Waals surface area (Å²) in [7, 11) is 3.40. The van der Waals surface area contributed by atoms with Gasteiger partial charge in [0.1, 0.15) is 0 Å². The smallest absolute Gasteiger partial charge is 0.286 e.